The Kier molecular flexibility index (Phi) is 6.36. The van der Waals surface area contributed by atoms with Crippen LogP contribution in [0.5, 0.6) is 5.75 Å². The Morgan fingerprint density at radius 2 is 1.72 bits per heavy atom. The highest BCUT2D eigenvalue weighted by atomic mass is 16.5. The molecule has 162 valence electrons. The zero-order valence-electron chi connectivity index (χ0n) is 18.6. The molecule has 2 amide bonds. The zero-order chi connectivity index (χ0) is 22.5. The summed E-state index contributed by atoms with van der Waals surface area (Å²) in [6.07, 6.45) is 0.846. The topological polar surface area (TPSA) is 63.2 Å². The summed E-state index contributed by atoms with van der Waals surface area (Å²) in [6.45, 7) is 6.63. The van der Waals surface area contributed by atoms with E-state index in [1.54, 1.807) is 0 Å². The van der Waals surface area contributed by atoms with Crippen molar-refractivity contribution in [3.05, 3.63) is 83.9 Å². The third-order valence-corrected chi connectivity index (χ3v) is 5.32. The maximum Gasteiger partial charge on any atom is 0.323 e. The molecule has 0 spiro atoms. The molecule has 0 aliphatic heterocycles. The lowest BCUT2D eigenvalue weighted by Gasteiger charge is -2.13. The second-order valence-electron chi connectivity index (χ2n) is 7.63. The van der Waals surface area contributed by atoms with Crippen LogP contribution < -0.4 is 15.4 Å². The van der Waals surface area contributed by atoms with Crippen molar-refractivity contribution in [2.24, 2.45) is 0 Å². The van der Waals surface area contributed by atoms with Gasteiger partial charge in [-0.1, -0.05) is 55.0 Å². The molecule has 0 saturated carbocycles. The molecule has 0 bridgehead atoms. The van der Waals surface area contributed by atoms with E-state index in [-0.39, 0.29) is 6.03 Å². The SMILES string of the molecule is CCOc1cc(-c2ccc(C)cc2)nc2ccc(NC(=O)Nc3ccccc3CC)cc12. The molecule has 0 atom stereocenters. The Bertz CT molecular complexity index is 1250. The van der Waals surface area contributed by atoms with E-state index in [2.05, 4.69) is 48.7 Å². The molecule has 5 nitrogen and oxygen atoms in total. The van der Waals surface area contributed by atoms with Crippen LogP contribution in [0.25, 0.3) is 22.2 Å². The molecular weight excluding hydrogens is 398 g/mol. The number of para-hydroxylation sites is 1. The number of anilines is 2. The molecule has 4 rings (SSSR count). The first kappa shape index (κ1) is 21.4. The number of amides is 2. The molecule has 2 N–H and O–H groups in total. The van der Waals surface area contributed by atoms with Gasteiger partial charge in [0.1, 0.15) is 5.75 Å². The summed E-state index contributed by atoms with van der Waals surface area (Å²) in [5.41, 5.74) is 6.49. The summed E-state index contributed by atoms with van der Waals surface area (Å²) in [4.78, 5) is 17.4. The average Bonchev–Trinajstić information content (AvgIpc) is 2.80. The second-order valence-corrected chi connectivity index (χ2v) is 7.63. The third kappa shape index (κ3) is 4.72. The van der Waals surface area contributed by atoms with Gasteiger partial charge in [0, 0.05) is 28.4 Å². The van der Waals surface area contributed by atoms with Crippen molar-refractivity contribution in [3.8, 4) is 17.0 Å². The van der Waals surface area contributed by atoms with Crippen LogP contribution in [0.4, 0.5) is 16.2 Å². The number of ether oxygens (including phenoxy) is 1. The molecule has 1 aromatic heterocycles. The Hall–Kier alpha value is -3.86. The van der Waals surface area contributed by atoms with Crippen LogP contribution in [-0.2, 0) is 6.42 Å². The fourth-order valence-electron chi connectivity index (χ4n) is 3.65. The molecule has 0 saturated heterocycles. The number of urea groups is 1. The molecule has 0 unspecified atom stereocenters. The van der Waals surface area contributed by atoms with Gasteiger partial charge >= 0.3 is 6.03 Å². The first-order valence-electron chi connectivity index (χ1n) is 10.9. The quantitative estimate of drug-likeness (QED) is 0.356. The monoisotopic (exact) mass is 425 g/mol. The number of carbonyl (C=O) groups excluding carboxylic acids is 1. The highest BCUT2D eigenvalue weighted by Crippen LogP contribution is 2.32. The number of aryl methyl sites for hydroxylation is 2. The first-order chi connectivity index (χ1) is 15.6. The van der Waals surface area contributed by atoms with E-state index in [4.69, 9.17) is 9.72 Å². The number of pyridine rings is 1. The van der Waals surface area contributed by atoms with E-state index in [9.17, 15) is 4.79 Å². The highest BCUT2D eigenvalue weighted by molar-refractivity contribution is 6.02. The van der Waals surface area contributed by atoms with Crippen LogP contribution in [-0.4, -0.2) is 17.6 Å². The van der Waals surface area contributed by atoms with Crippen molar-refractivity contribution >= 4 is 28.3 Å². The number of aromatic nitrogens is 1. The van der Waals surface area contributed by atoms with Crippen molar-refractivity contribution in [2.75, 3.05) is 17.2 Å². The van der Waals surface area contributed by atoms with Gasteiger partial charge in [0.2, 0.25) is 0 Å². The average molecular weight is 426 g/mol. The van der Waals surface area contributed by atoms with E-state index in [0.29, 0.717) is 12.3 Å². The molecule has 3 aromatic carbocycles. The summed E-state index contributed by atoms with van der Waals surface area (Å²) in [6, 6.07) is 23.4. The number of hydrogen-bond acceptors (Lipinski definition) is 3. The normalized spacial score (nSPS) is 10.7. The number of fused-ring (bicyclic) bond motifs is 1. The Balaban J connectivity index is 1.62. The van der Waals surface area contributed by atoms with Gasteiger partial charge in [-0.3, -0.25) is 0 Å². The lowest BCUT2D eigenvalue weighted by Crippen LogP contribution is -2.20. The zero-order valence-corrected chi connectivity index (χ0v) is 18.6. The largest absolute Gasteiger partial charge is 0.493 e. The van der Waals surface area contributed by atoms with E-state index < -0.39 is 0 Å². The van der Waals surface area contributed by atoms with E-state index in [1.165, 1.54) is 5.56 Å². The van der Waals surface area contributed by atoms with Crippen molar-refractivity contribution in [1.82, 2.24) is 4.98 Å². The first-order valence-corrected chi connectivity index (χ1v) is 10.9. The number of carbonyl (C=O) groups is 1. The van der Waals surface area contributed by atoms with Gasteiger partial charge in [-0.25, -0.2) is 9.78 Å². The van der Waals surface area contributed by atoms with E-state index in [0.717, 1.165) is 45.6 Å². The van der Waals surface area contributed by atoms with Gasteiger partial charge in [0.05, 0.1) is 17.8 Å². The lowest BCUT2D eigenvalue weighted by molar-refractivity contribution is 0.262. The summed E-state index contributed by atoms with van der Waals surface area (Å²) in [5, 5.41) is 6.71. The molecule has 0 aliphatic carbocycles. The van der Waals surface area contributed by atoms with Gasteiger partial charge in [-0.2, -0.15) is 0 Å². The number of benzene rings is 3. The third-order valence-electron chi connectivity index (χ3n) is 5.32. The molecule has 0 aliphatic rings. The molecule has 1 heterocycles. The Labute approximate surface area is 188 Å². The Morgan fingerprint density at radius 3 is 2.47 bits per heavy atom. The van der Waals surface area contributed by atoms with Crippen LogP contribution in [0, 0.1) is 6.92 Å². The van der Waals surface area contributed by atoms with Crippen LogP contribution >= 0.6 is 0 Å². The van der Waals surface area contributed by atoms with Crippen molar-refractivity contribution < 1.29 is 9.53 Å². The Morgan fingerprint density at radius 1 is 0.938 bits per heavy atom. The molecular formula is C27H27N3O2. The smallest absolute Gasteiger partial charge is 0.323 e. The van der Waals surface area contributed by atoms with Gasteiger partial charge in [0.15, 0.2) is 0 Å². The molecule has 32 heavy (non-hydrogen) atoms. The molecule has 0 fully saturated rings. The van der Waals surface area contributed by atoms with Gasteiger partial charge in [0.25, 0.3) is 0 Å². The number of nitrogens with zero attached hydrogens (tertiary/aromatic N) is 1. The van der Waals surface area contributed by atoms with Crippen LogP contribution in [0.1, 0.15) is 25.0 Å². The summed E-state index contributed by atoms with van der Waals surface area (Å²) in [7, 11) is 0. The number of hydrogen-bond donors (Lipinski definition) is 2. The van der Waals surface area contributed by atoms with Gasteiger partial charge < -0.3 is 15.4 Å². The van der Waals surface area contributed by atoms with Gasteiger partial charge in [-0.05, 0) is 50.1 Å². The maximum atomic E-state index is 12.6. The predicted octanol–water partition coefficient (Wildman–Crippen LogP) is 6.82. The summed E-state index contributed by atoms with van der Waals surface area (Å²) < 4.78 is 5.92. The van der Waals surface area contributed by atoms with Crippen molar-refractivity contribution in [3.63, 3.8) is 0 Å². The van der Waals surface area contributed by atoms with E-state index >= 15 is 0 Å². The minimum absolute atomic E-state index is 0.285. The molecule has 0 radical (unpaired) electrons. The van der Waals surface area contributed by atoms with Crippen molar-refractivity contribution in [2.45, 2.75) is 27.2 Å². The van der Waals surface area contributed by atoms with Crippen LogP contribution in [0.15, 0.2) is 72.8 Å². The highest BCUT2D eigenvalue weighted by Gasteiger charge is 2.11. The maximum absolute atomic E-state index is 12.6. The standard InChI is InChI=1S/C27H27N3O2/c1-4-19-8-6-7-9-23(19)30-27(31)28-21-14-15-24-22(16-21)26(32-5-2)17-25(29-24)20-12-10-18(3)11-13-20/h6-17H,4-5H2,1-3H3,(H2,28,30,31). The van der Waals surface area contributed by atoms with Gasteiger partial charge in [-0.15, -0.1) is 0 Å². The lowest BCUT2D eigenvalue weighted by atomic mass is 10.1. The van der Waals surface area contributed by atoms with Crippen molar-refractivity contribution in [1.29, 1.82) is 0 Å². The second kappa shape index (κ2) is 9.52. The minimum atomic E-state index is -0.285. The molecule has 4 aromatic rings. The number of rotatable bonds is 6. The summed E-state index contributed by atoms with van der Waals surface area (Å²) in [5.74, 6) is 0.744. The number of nitrogens with one attached hydrogen (secondary N) is 2. The van der Waals surface area contributed by atoms with Crippen LogP contribution in [0.2, 0.25) is 0 Å². The minimum Gasteiger partial charge on any atom is -0.493 e. The van der Waals surface area contributed by atoms with Crippen LogP contribution in [0.3, 0.4) is 0 Å². The fraction of sp³-hybridized carbons (Fsp3) is 0.185. The fourth-order valence-corrected chi connectivity index (χ4v) is 3.65. The summed E-state index contributed by atoms with van der Waals surface area (Å²) >= 11 is 0. The predicted molar refractivity (Wildman–Crippen MR) is 132 cm³/mol. The molecule has 5 heteroatoms. The van der Waals surface area contributed by atoms with E-state index in [1.807, 2.05) is 55.5 Å².